The first-order valence-corrected chi connectivity index (χ1v) is 9.37. The van der Waals surface area contributed by atoms with Crippen LogP contribution in [-0.2, 0) is 4.74 Å². The topological polar surface area (TPSA) is 44.8 Å². The molecule has 0 bridgehead atoms. The summed E-state index contributed by atoms with van der Waals surface area (Å²) >= 11 is 0. The average Bonchev–Trinajstić information content (AvgIpc) is 2.33. The van der Waals surface area contributed by atoms with Crippen molar-refractivity contribution in [3.05, 3.63) is 0 Å². The summed E-state index contributed by atoms with van der Waals surface area (Å²) in [6, 6.07) is 0. The SMILES string of the molecule is CC(C)(C)OC(=O)N1C(C)(C)CC(CN2CCNCC2)CC1(C)C. The van der Waals surface area contributed by atoms with Crippen molar-refractivity contribution in [2.45, 2.75) is 78.0 Å². The Morgan fingerprint density at radius 1 is 1.08 bits per heavy atom. The van der Waals surface area contributed by atoms with E-state index in [0.29, 0.717) is 5.92 Å². The van der Waals surface area contributed by atoms with E-state index in [2.05, 4.69) is 37.9 Å². The molecule has 0 saturated carbocycles. The molecule has 0 aromatic carbocycles. The van der Waals surface area contributed by atoms with E-state index < -0.39 is 5.60 Å². The highest BCUT2D eigenvalue weighted by molar-refractivity contribution is 5.70. The highest BCUT2D eigenvalue weighted by atomic mass is 16.6. The average molecular weight is 340 g/mol. The first-order valence-electron chi connectivity index (χ1n) is 9.37. The van der Waals surface area contributed by atoms with Crippen molar-refractivity contribution in [2.75, 3.05) is 32.7 Å². The molecule has 24 heavy (non-hydrogen) atoms. The van der Waals surface area contributed by atoms with Crippen molar-refractivity contribution in [3.8, 4) is 0 Å². The predicted molar refractivity (Wildman–Crippen MR) is 98.3 cm³/mol. The van der Waals surface area contributed by atoms with Gasteiger partial charge in [0.05, 0.1) is 0 Å². The number of amides is 1. The van der Waals surface area contributed by atoms with Gasteiger partial charge in [0, 0.05) is 43.8 Å². The number of carbonyl (C=O) groups excluding carboxylic acids is 1. The van der Waals surface area contributed by atoms with Gasteiger partial charge in [-0.2, -0.15) is 0 Å². The predicted octanol–water partition coefficient (Wildman–Crippen LogP) is 3.10. The molecule has 5 nitrogen and oxygen atoms in total. The Balaban J connectivity index is 2.09. The van der Waals surface area contributed by atoms with Gasteiger partial charge in [-0.1, -0.05) is 0 Å². The van der Waals surface area contributed by atoms with Crippen LogP contribution in [-0.4, -0.2) is 65.3 Å². The van der Waals surface area contributed by atoms with Gasteiger partial charge in [-0.05, 0) is 67.2 Å². The van der Waals surface area contributed by atoms with Crippen LogP contribution >= 0.6 is 0 Å². The molecule has 0 aromatic rings. The normalized spacial score (nSPS) is 25.5. The molecule has 2 fully saturated rings. The fraction of sp³-hybridized carbons (Fsp3) is 0.947. The quantitative estimate of drug-likeness (QED) is 0.840. The molecule has 0 unspecified atom stereocenters. The monoisotopic (exact) mass is 339 g/mol. The maximum Gasteiger partial charge on any atom is 0.411 e. The van der Waals surface area contributed by atoms with Gasteiger partial charge < -0.3 is 15.0 Å². The number of rotatable bonds is 2. The van der Waals surface area contributed by atoms with Crippen molar-refractivity contribution < 1.29 is 9.53 Å². The molecule has 1 N–H and O–H groups in total. The lowest BCUT2D eigenvalue weighted by molar-refractivity contribution is -0.0685. The largest absolute Gasteiger partial charge is 0.444 e. The number of piperidine rings is 1. The summed E-state index contributed by atoms with van der Waals surface area (Å²) in [6.07, 6.45) is 1.87. The van der Waals surface area contributed by atoms with Crippen molar-refractivity contribution in [1.82, 2.24) is 15.1 Å². The molecular formula is C19H37N3O2. The minimum atomic E-state index is -0.457. The number of hydrogen-bond acceptors (Lipinski definition) is 4. The molecular weight excluding hydrogens is 302 g/mol. The Morgan fingerprint density at radius 3 is 2.04 bits per heavy atom. The molecule has 1 amide bonds. The Kier molecular flexibility index (Phi) is 5.55. The molecule has 0 radical (unpaired) electrons. The van der Waals surface area contributed by atoms with Crippen LogP contribution < -0.4 is 5.32 Å². The van der Waals surface area contributed by atoms with E-state index in [0.717, 1.165) is 45.6 Å². The Hall–Kier alpha value is -0.810. The molecule has 0 spiro atoms. The van der Waals surface area contributed by atoms with Crippen molar-refractivity contribution in [3.63, 3.8) is 0 Å². The van der Waals surface area contributed by atoms with Gasteiger partial charge in [0.2, 0.25) is 0 Å². The first kappa shape index (κ1) is 19.5. The van der Waals surface area contributed by atoms with Crippen LogP contribution in [0.1, 0.15) is 61.3 Å². The number of hydrogen-bond donors (Lipinski definition) is 1. The lowest BCUT2D eigenvalue weighted by Crippen LogP contribution is -2.64. The van der Waals surface area contributed by atoms with Crippen LogP contribution in [0.15, 0.2) is 0 Å². The number of likely N-dealkylation sites (tertiary alicyclic amines) is 1. The summed E-state index contributed by atoms with van der Waals surface area (Å²) in [6.45, 7) is 20.1. The van der Waals surface area contributed by atoms with Gasteiger partial charge in [-0.25, -0.2) is 4.79 Å². The van der Waals surface area contributed by atoms with Crippen LogP contribution in [0, 0.1) is 5.92 Å². The van der Waals surface area contributed by atoms with Crippen LogP contribution in [0.25, 0.3) is 0 Å². The minimum absolute atomic E-state index is 0.182. The highest BCUT2D eigenvalue weighted by Crippen LogP contribution is 2.42. The Morgan fingerprint density at radius 2 is 1.58 bits per heavy atom. The van der Waals surface area contributed by atoms with Gasteiger partial charge in [0.1, 0.15) is 5.60 Å². The molecule has 2 rings (SSSR count). The standard InChI is InChI=1S/C19H37N3O2/c1-17(2,3)24-16(23)22-18(4,5)12-15(13-19(22,6)7)14-21-10-8-20-9-11-21/h15,20H,8-14H2,1-7H3. The summed E-state index contributed by atoms with van der Waals surface area (Å²) in [5.41, 5.74) is -0.841. The van der Waals surface area contributed by atoms with Gasteiger partial charge in [0.25, 0.3) is 0 Å². The smallest absolute Gasteiger partial charge is 0.411 e. The fourth-order valence-electron chi connectivity index (χ4n) is 4.68. The lowest BCUT2D eigenvalue weighted by Gasteiger charge is -2.55. The van der Waals surface area contributed by atoms with Crippen LogP contribution in [0.4, 0.5) is 4.79 Å². The third-order valence-electron chi connectivity index (χ3n) is 5.09. The summed E-state index contributed by atoms with van der Waals surface area (Å²) in [5.74, 6) is 0.617. The number of nitrogens with one attached hydrogen (secondary N) is 1. The molecule has 0 aromatic heterocycles. The van der Waals surface area contributed by atoms with Crippen molar-refractivity contribution in [1.29, 1.82) is 0 Å². The van der Waals surface area contributed by atoms with E-state index >= 15 is 0 Å². The zero-order chi connectivity index (χ0) is 18.2. The Labute approximate surface area is 148 Å². The minimum Gasteiger partial charge on any atom is -0.444 e. The third-order valence-corrected chi connectivity index (χ3v) is 5.09. The van der Waals surface area contributed by atoms with E-state index in [9.17, 15) is 4.79 Å². The third kappa shape index (κ3) is 4.85. The highest BCUT2D eigenvalue weighted by Gasteiger charge is 2.49. The maximum atomic E-state index is 12.8. The van der Waals surface area contributed by atoms with Gasteiger partial charge >= 0.3 is 6.09 Å². The van der Waals surface area contributed by atoms with Crippen LogP contribution in [0.3, 0.4) is 0 Å². The second kappa shape index (κ2) is 6.83. The molecule has 140 valence electrons. The fourth-order valence-corrected chi connectivity index (χ4v) is 4.68. The molecule has 5 heteroatoms. The van der Waals surface area contributed by atoms with Crippen LogP contribution in [0.5, 0.6) is 0 Å². The number of carbonyl (C=O) groups is 1. The van der Waals surface area contributed by atoms with E-state index in [1.54, 1.807) is 0 Å². The van der Waals surface area contributed by atoms with Crippen molar-refractivity contribution >= 4 is 6.09 Å². The summed E-state index contributed by atoms with van der Waals surface area (Å²) in [4.78, 5) is 17.4. The van der Waals surface area contributed by atoms with E-state index in [1.165, 1.54) is 0 Å². The number of ether oxygens (including phenoxy) is 1. The zero-order valence-corrected chi connectivity index (χ0v) is 16.7. The molecule has 2 heterocycles. The summed E-state index contributed by atoms with van der Waals surface area (Å²) < 4.78 is 5.70. The molecule has 2 aliphatic rings. The lowest BCUT2D eigenvalue weighted by atomic mass is 9.73. The summed E-state index contributed by atoms with van der Waals surface area (Å²) in [5, 5.41) is 3.42. The second-order valence-corrected chi connectivity index (χ2v) is 9.77. The van der Waals surface area contributed by atoms with Gasteiger partial charge in [-0.3, -0.25) is 4.90 Å². The number of piperazine rings is 1. The van der Waals surface area contributed by atoms with E-state index in [-0.39, 0.29) is 17.2 Å². The molecule has 2 saturated heterocycles. The zero-order valence-electron chi connectivity index (χ0n) is 16.7. The van der Waals surface area contributed by atoms with Gasteiger partial charge in [0.15, 0.2) is 0 Å². The maximum absolute atomic E-state index is 12.8. The second-order valence-electron chi connectivity index (χ2n) is 9.77. The van der Waals surface area contributed by atoms with E-state index in [1.807, 2.05) is 25.7 Å². The van der Waals surface area contributed by atoms with Crippen molar-refractivity contribution in [2.24, 2.45) is 5.92 Å². The number of nitrogens with zero attached hydrogens (tertiary/aromatic N) is 2. The first-order chi connectivity index (χ1) is 10.9. The Bertz CT molecular complexity index is 430. The van der Waals surface area contributed by atoms with Gasteiger partial charge in [-0.15, -0.1) is 0 Å². The van der Waals surface area contributed by atoms with E-state index in [4.69, 9.17) is 4.74 Å². The summed E-state index contributed by atoms with van der Waals surface area (Å²) in [7, 11) is 0. The molecule has 0 atom stereocenters. The molecule has 2 aliphatic heterocycles. The molecule has 0 aliphatic carbocycles. The van der Waals surface area contributed by atoms with Crippen LogP contribution in [0.2, 0.25) is 0 Å².